The fourth-order valence-electron chi connectivity index (χ4n) is 8.15. The van der Waals surface area contributed by atoms with Crippen LogP contribution in [0.25, 0.3) is 0 Å². The van der Waals surface area contributed by atoms with Crippen molar-refractivity contribution in [1.82, 2.24) is 4.98 Å². The summed E-state index contributed by atoms with van der Waals surface area (Å²) in [7, 11) is 0. The first kappa shape index (κ1) is 30.0. The number of rotatable bonds is 6. The van der Waals surface area contributed by atoms with E-state index in [-0.39, 0.29) is 58.1 Å². The number of aryl methyl sites for hydroxylation is 1. The van der Waals surface area contributed by atoms with Gasteiger partial charge in [-0.2, -0.15) is 0 Å². The van der Waals surface area contributed by atoms with Crippen LogP contribution in [0.3, 0.4) is 0 Å². The van der Waals surface area contributed by atoms with Gasteiger partial charge in [0, 0.05) is 36.8 Å². The summed E-state index contributed by atoms with van der Waals surface area (Å²) >= 11 is 12.8. The summed E-state index contributed by atoms with van der Waals surface area (Å²) in [6, 6.07) is 20.1. The van der Waals surface area contributed by atoms with E-state index in [1.165, 1.54) is 4.90 Å². The maximum absolute atomic E-state index is 14.1. The topological polar surface area (TPSA) is 109 Å². The molecular formula is C34H27BrClN3O5S2. The van der Waals surface area contributed by atoms with E-state index < -0.39 is 11.8 Å². The van der Waals surface area contributed by atoms with E-state index in [2.05, 4.69) is 26.2 Å². The van der Waals surface area contributed by atoms with Crippen molar-refractivity contribution < 1.29 is 19.1 Å². The van der Waals surface area contributed by atoms with Crippen LogP contribution in [0.15, 0.2) is 81.0 Å². The summed E-state index contributed by atoms with van der Waals surface area (Å²) in [6.07, 6.45) is 0.759. The number of carbonyl (C=O) groups is 3. The van der Waals surface area contributed by atoms with Crippen molar-refractivity contribution in [2.45, 2.75) is 29.5 Å². The zero-order valence-corrected chi connectivity index (χ0v) is 28.3. The summed E-state index contributed by atoms with van der Waals surface area (Å²) in [5.74, 6) is -1.39. The number of imide groups is 1. The van der Waals surface area contributed by atoms with Gasteiger partial charge in [0.05, 0.1) is 22.5 Å². The van der Waals surface area contributed by atoms with E-state index in [1.807, 2.05) is 49.4 Å². The minimum absolute atomic E-state index is 0.00630. The average molecular weight is 737 g/mol. The third kappa shape index (κ3) is 4.77. The fourth-order valence-corrected chi connectivity index (χ4v) is 11.5. The Balaban J connectivity index is 1.15. The molecule has 12 heteroatoms. The summed E-state index contributed by atoms with van der Waals surface area (Å²) in [6.45, 7) is 1.70. The maximum atomic E-state index is 14.1. The zero-order chi connectivity index (χ0) is 31.9. The second-order valence-electron chi connectivity index (χ2n) is 12.3. The van der Waals surface area contributed by atoms with Crippen molar-refractivity contribution in [2.75, 3.05) is 16.8 Å². The number of amides is 3. The Morgan fingerprint density at radius 3 is 2.54 bits per heavy atom. The standard InChI is InChI=1S/C34H27BrClN3O5S2/c1-15-4-2-3-5-22(15)37-24(40)14-44-23-11-8-17(36)12-19(23)25-26-20-13-21(29(26)45-31-30(25)46-34(43)38-31)28-27(20)32(41)39(33(28)42)18-9-6-16(35)7-10-18/h2-12,20-21,25-29H,13-14H2,1H3,(H,37,40)(H,38,43)/t20?,21?,25-,26?,27?,28?,29?/m1/s1. The van der Waals surface area contributed by atoms with Crippen LogP contribution < -0.4 is 19.8 Å². The van der Waals surface area contributed by atoms with Gasteiger partial charge >= 0.3 is 4.87 Å². The number of H-pyrrole nitrogens is 1. The van der Waals surface area contributed by atoms with Crippen molar-refractivity contribution in [1.29, 1.82) is 0 Å². The molecule has 2 bridgehead atoms. The lowest BCUT2D eigenvalue weighted by Crippen LogP contribution is -2.42. The lowest BCUT2D eigenvalue weighted by molar-refractivity contribution is -0.123. The van der Waals surface area contributed by atoms with Gasteiger partial charge in [-0.15, -0.1) is 11.8 Å². The number of thiazole rings is 1. The number of ether oxygens (including phenoxy) is 1. The van der Waals surface area contributed by atoms with Crippen molar-refractivity contribution in [3.8, 4) is 5.75 Å². The maximum Gasteiger partial charge on any atom is 0.305 e. The van der Waals surface area contributed by atoms with Gasteiger partial charge in [0.25, 0.3) is 5.91 Å². The molecule has 3 amide bonds. The van der Waals surface area contributed by atoms with Gasteiger partial charge in [0.1, 0.15) is 5.75 Å². The van der Waals surface area contributed by atoms with Crippen LogP contribution in [-0.4, -0.2) is 34.6 Å². The minimum Gasteiger partial charge on any atom is -0.483 e. The van der Waals surface area contributed by atoms with Crippen molar-refractivity contribution in [3.63, 3.8) is 0 Å². The van der Waals surface area contributed by atoms with E-state index in [9.17, 15) is 19.2 Å². The predicted molar refractivity (Wildman–Crippen MR) is 182 cm³/mol. The number of aromatic nitrogens is 1. The number of aromatic amines is 1. The second-order valence-corrected chi connectivity index (χ2v) is 15.8. The first-order valence-corrected chi connectivity index (χ1v) is 17.9. The van der Waals surface area contributed by atoms with Gasteiger partial charge in [-0.3, -0.25) is 24.1 Å². The highest BCUT2D eigenvalue weighted by Crippen LogP contribution is 2.69. The highest BCUT2D eigenvalue weighted by molar-refractivity contribution is 9.10. The lowest BCUT2D eigenvalue weighted by Gasteiger charge is -2.43. The summed E-state index contributed by atoms with van der Waals surface area (Å²) in [4.78, 5) is 58.8. The number of hydrogen-bond acceptors (Lipinski definition) is 7. The van der Waals surface area contributed by atoms with Crippen molar-refractivity contribution >= 4 is 79.7 Å². The van der Waals surface area contributed by atoms with Gasteiger partial charge in [-0.1, -0.05) is 57.1 Å². The number of anilines is 2. The molecule has 46 heavy (non-hydrogen) atoms. The Morgan fingerprint density at radius 1 is 1.04 bits per heavy atom. The number of carbonyl (C=O) groups excluding carboxylic acids is 3. The monoisotopic (exact) mass is 735 g/mol. The van der Waals surface area contributed by atoms with Crippen LogP contribution >= 0.6 is 50.6 Å². The molecule has 1 saturated heterocycles. The van der Waals surface area contributed by atoms with Crippen molar-refractivity contribution in [3.05, 3.63) is 102 Å². The van der Waals surface area contributed by atoms with E-state index >= 15 is 0 Å². The molecular weight excluding hydrogens is 710 g/mol. The lowest BCUT2D eigenvalue weighted by atomic mass is 9.68. The Labute approximate surface area is 286 Å². The van der Waals surface area contributed by atoms with E-state index in [0.717, 1.165) is 43.3 Å². The van der Waals surface area contributed by atoms with E-state index in [0.29, 0.717) is 22.1 Å². The molecule has 8 rings (SSSR count). The SMILES string of the molecule is Cc1ccccc1NC(=O)COc1ccc(Cl)cc1[C@H]1c2sc(=O)[nH]c2SC2C3CC(C4C(=O)N(c5ccc(Br)cc5)C(=O)C34)C21. The molecule has 3 heterocycles. The Kier molecular flexibility index (Phi) is 7.43. The number of nitrogens with one attached hydrogen (secondary N) is 2. The predicted octanol–water partition coefficient (Wildman–Crippen LogP) is 6.86. The number of para-hydroxylation sites is 1. The van der Waals surface area contributed by atoms with Gasteiger partial charge in [-0.25, -0.2) is 0 Å². The smallest absolute Gasteiger partial charge is 0.305 e. The highest BCUT2D eigenvalue weighted by Gasteiger charge is 2.69. The summed E-state index contributed by atoms with van der Waals surface area (Å²) in [5.41, 5.74) is 3.01. The number of nitrogens with zero attached hydrogens (tertiary/aromatic N) is 1. The van der Waals surface area contributed by atoms with Crippen LogP contribution in [0.4, 0.5) is 11.4 Å². The molecule has 3 aromatic carbocycles. The van der Waals surface area contributed by atoms with Crippen LogP contribution in [-0.2, 0) is 14.4 Å². The number of hydrogen-bond donors (Lipinski definition) is 2. The molecule has 2 saturated carbocycles. The molecule has 1 aromatic heterocycles. The highest BCUT2D eigenvalue weighted by atomic mass is 79.9. The van der Waals surface area contributed by atoms with Gasteiger partial charge in [0.2, 0.25) is 11.8 Å². The zero-order valence-electron chi connectivity index (χ0n) is 24.4. The number of halogens is 2. The number of benzene rings is 3. The summed E-state index contributed by atoms with van der Waals surface area (Å²) < 4.78 is 7.05. The Bertz CT molecular complexity index is 1980. The largest absolute Gasteiger partial charge is 0.483 e. The van der Waals surface area contributed by atoms with Gasteiger partial charge in [-0.05, 0) is 85.2 Å². The molecule has 4 aromatic rings. The number of thioether (sulfide) groups is 1. The van der Waals surface area contributed by atoms with Gasteiger partial charge < -0.3 is 15.0 Å². The molecule has 2 N–H and O–H groups in total. The van der Waals surface area contributed by atoms with Gasteiger partial charge in [0.15, 0.2) is 6.61 Å². The first-order valence-electron chi connectivity index (χ1n) is 15.0. The fraction of sp³-hybridized carbons (Fsp3) is 0.294. The van der Waals surface area contributed by atoms with E-state index in [1.54, 1.807) is 36.0 Å². The van der Waals surface area contributed by atoms with Crippen LogP contribution in [0.5, 0.6) is 5.75 Å². The van der Waals surface area contributed by atoms with Crippen molar-refractivity contribution in [2.24, 2.45) is 29.6 Å². The molecule has 0 radical (unpaired) electrons. The molecule has 2 aliphatic carbocycles. The van der Waals surface area contributed by atoms with Crippen LogP contribution in [0, 0.1) is 36.5 Å². The molecule has 8 nitrogen and oxygen atoms in total. The first-order chi connectivity index (χ1) is 22.2. The number of fused-ring (bicyclic) bond motifs is 9. The Morgan fingerprint density at radius 2 is 1.78 bits per heavy atom. The average Bonchev–Trinajstić information content (AvgIpc) is 3.77. The van der Waals surface area contributed by atoms with Crippen LogP contribution in [0.1, 0.15) is 28.3 Å². The van der Waals surface area contributed by atoms with Crippen LogP contribution in [0.2, 0.25) is 5.02 Å². The molecule has 7 atom stereocenters. The molecule has 3 fully saturated rings. The quantitative estimate of drug-likeness (QED) is 0.210. The van der Waals surface area contributed by atoms with E-state index in [4.69, 9.17) is 16.3 Å². The molecule has 4 aliphatic rings. The Hall–Kier alpha value is -3.38. The molecule has 6 unspecified atom stereocenters. The third-order valence-corrected chi connectivity index (χ3v) is 13.2. The minimum atomic E-state index is -0.439. The normalized spacial score (nSPS) is 27.4. The molecule has 234 valence electrons. The molecule has 0 spiro atoms. The summed E-state index contributed by atoms with van der Waals surface area (Å²) in [5, 5.41) is 4.20. The molecule has 2 aliphatic heterocycles. The third-order valence-electron chi connectivity index (χ3n) is 9.89. The second kappa shape index (κ2) is 11.4.